The summed E-state index contributed by atoms with van der Waals surface area (Å²) in [5.74, 6) is 0. The first kappa shape index (κ1) is 16.3. The maximum atomic E-state index is 6.25. The van der Waals surface area contributed by atoms with E-state index < -0.39 is 0 Å². The van der Waals surface area contributed by atoms with Gasteiger partial charge in [0.15, 0.2) is 0 Å². The van der Waals surface area contributed by atoms with Crippen LogP contribution in [0.25, 0.3) is 0 Å². The third kappa shape index (κ3) is 4.45. The molecule has 112 valence electrons. The van der Waals surface area contributed by atoms with Crippen LogP contribution in [-0.4, -0.2) is 7.11 Å². The molecule has 1 N–H and O–H groups in total. The van der Waals surface area contributed by atoms with Gasteiger partial charge in [0.25, 0.3) is 0 Å². The number of rotatable bonds is 6. The molecule has 21 heavy (non-hydrogen) atoms. The Balaban J connectivity index is 2.02. The monoisotopic (exact) mass is 323 g/mol. The summed E-state index contributed by atoms with van der Waals surface area (Å²) in [7, 11) is 1.70. The van der Waals surface area contributed by atoms with Crippen LogP contribution >= 0.6 is 23.2 Å². The van der Waals surface area contributed by atoms with Gasteiger partial charge in [0.2, 0.25) is 0 Å². The van der Waals surface area contributed by atoms with Gasteiger partial charge in [0, 0.05) is 19.7 Å². The first-order chi connectivity index (χ1) is 10.1. The van der Waals surface area contributed by atoms with Crippen LogP contribution in [0.1, 0.15) is 29.7 Å². The van der Waals surface area contributed by atoms with Crippen molar-refractivity contribution in [3.63, 3.8) is 0 Å². The summed E-state index contributed by atoms with van der Waals surface area (Å²) in [6, 6.07) is 14.2. The molecule has 0 fully saturated rings. The molecule has 0 aliphatic heterocycles. The Morgan fingerprint density at radius 1 is 1.10 bits per heavy atom. The first-order valence-corrected chi connectivity index (χ1v) is 7.61. The van der Waals surface area contributed by atoms with Crippen LogP contribution in [0.2, 0.25) is 10.0 Å². The number of hydrogen-bond donors (Lipinski definition) is 1. The van der Waals surface area contributed by atoms with Crippen LogP contribution in [0.15, 0.2) is 42.5 Å². The number of methoxy groups -OCH3 is 1. The van der Waals surface area contributed by atoms with Gasteiger partial charge in [0.05, 0.1) is 16.7 Å². The van der Waals surface area contributed by atoms with Crippen LogP contribution in [0.4, 0.5) is 0 Å². The van der Waals surface area contributed by atoms with Crippen molar-refractivity contribution in [3.05, 3.63) is 69.2 Å². The third-order valence-electron chi connectivity index (χ3n) is 3.36. The Labute approximate surface area is 136 Å². The van der Waals surface area contributed by atoms with Crippen molar-refractivity contribution in [3.8, 4) is 0 Å². The fourth-order valence-corrected chi connectivity index (χ4v) is 2.70. The zero-order chi connectivity index (χ0) is 15.2. The van der Waals surface area contributed by atoms with Crippen LogP contribution in [0.5, 0.6) is 0 Å². The van der Waals surface area contributed by atoms with E-state index in [1.807, 2.05) is 18.2 Å². The summed E-state index contributed by atoms with van der Waals surface area (Å²) < 4.78 is 5.15. The minimum atomic E-state index is 0.127. The molecule has 1 atom stereocenters. The number of benzene rings is 2. The van der Waals surface area contributed by atoms with Crippen LogP contribution in [0, 0.1) is 0 Å². The smallest absolute Gasteiger partial charge is 0.0713 e. The van der Waals surface area contributed by atoms with Gasteiger partial charge in [-0.2, -0.15) is 0 Å². The highest BCUT2D eigenvalue weighted by Gasteiger charge is 2.11. The summed E-state index contributed by atoms with van der Waals surface area (Å²) in [4.78, 5) is 0. The second-order valence-electron chi connectivity index (χ2n) is 5.00. The number of halogens is 2. The van der Waals surface area contributed by atoms with E-state index in [9.17, 15) is 0 Å². The Hall–Kier alpha value is -1.06. The van der Waals surface area contributed by atoms with Crippen LogP contribution in [-0.2, 0) is 17.9 Å². The zero-order valence-electron chi connectivity index (χ0n) is 12.2. The maximum absolute atomic E-state index is 6.25. The van der Waals surface area contributed by atoms with Crippen molar-refractivity contribution in [2.75, 3.05) is 7.11 Å². The molecule has 0 bridgehead atoms. The van der Waals surface area contributed by atoms with Gasteiger partial charge in [-0.15, -0.1) is 0 Å². The summed E-state index contributed by atoms with van der Waals surface area (Å²) in [5.41, 5.74) is 3.40. The maximum Gasteiger partial charge on any atom is 0.0713 e. The molecule has 0 aliphatic rings. The second-order valence-corrected chi connectivity index (χ2v) is 5.78. The molecule has 2 aromatic carbocycles. The lowest BCUT2D eigenvalue weighted by molar-refractivity contribution is 0.185. The lowest BCUT2D eigenvalue weighted by Crippen LogP contribution is -2.18. The van der Waals surface area contributed by atoms with Gasteiger partial charge in [-0.1, -0.05) is 59.6 Å². The quantitative estimate of drug-likeness (QED) is 0.808. The predicted octanol–water partition coefficient (Wildman–Crippen LogP) is 4.99. The summed E-state index contributed by atoms with van der Waals surface area (Å²) >= 11 is 12.3. The molecular weight excluding hydrogens is 305 g/mol. The number of hydrogen-bond acceptors (Lipinski definition) is 2. The third-order valence-corrected chi connectivity index (χ3v) is 4.20. The number of nitrogens with one attached hydrogen (secondary N) is 1. The SMILES string of the molecule is COCc1cccc(CNC(C)c2cccc(Cl)c2Cl)c1. The van der Waals surface area contributed by atoms with E-state index in [1.165, 1.54) is 11.1 Å². The fraction of sp³-hybridized carbons (Fsp3) is 0.294. The van der Waals surface area contributed by atoms with E-state index in [4.69, 9.17) is 27.9 Å². The van der Waals surface area contributed by atoms with Crippen molar-refractivity contribution < 1.29 is 4.74 Å². The van der Waals surface area contributed by atoms with E-state index in [-0.39, 0.29) is 6.04 Å². The second kappa shape index (κ2) is 7.81. The largest absolute Gasteiger partial charge is 0.380 e. The lowest BCUT2D eigenvalue weighted by atomic mass is 10.1. The highest BCUT2D eigenvalue weighted by atomic mass is 35.5. The van der Waals surface area contributed by atoms with Gasteiger partial charge < -0.3 is 10.1 Å². The van der Waals surface area contributed by atoms with Crippen molar-refractivity contribution in [1.82, 2.24) is 5.32 Å². The fourth-order valence-electron chi connectivity index (χ4n) is 2.23. The Kier molecular flexibility index (Phi) is 6.07. The van der Waals surface area contributed by atoms with Crippen molar-refractivity contribution in [1.29, 1.82) is 0 Å². The average Bonchev–Trinajstić information content (AvgIpc) is 2.48. The molecule has 2 rings (SSSR count). The molecule has 2 nitrogen and oxygen atoms in total. The number of ether oxygens (including phenoxy) is 1. The molecule has 0 spiro atoms. The molecule has 0 aromatic heterocycles. The topological polar surface area (TPSA) is 21.3 Å². The molecule has 4 heteroatoms. The Morgan fingerprint density at radius 2 is 1.81 bits per heavy atom. The minimum absolute atomic E-state index is 0.127. The molecule has 2 aromatic rings. The highest BCUT2D eigenvalue weighted by Crippen LogP contribution is 2.29. The Bertz CT molecular complexity index is 601. The molecule has 0 saturated heterocycles. The van der Waals surface area contributed by atoms with Gasteiger partial charge in [-0.3, -0.25) is 0 Å². The van der Waals surface area contributed by atoms with E-state index in [0.717, 1.165) is 12.1 Å². The zero-order valence-corrected chi connectivity index (χ0v) is 13.7. The predicted molar refractivity (Wildman–Crippen MR) is 88.9 cm³/mol. The van der Waals surface area contributed by atoms with Gasteiger partial charge >= 0.3 is 0 Å². The van der Waals surface area contributed by atoms with E-state index >= 15 is 0 Å². The molecule has 0 radical (unpaired) electrons. The molecule has 1 unspecified atom stereocenters. The Morgan fingerprint density at radius 3 is 2.57 bits per heavy atom. The molecule has 0 aliphatic carbocycles. The van der Waals surface area contributed by atoms with E-state index in [1.54, 1.807) is 13.2 Å². The van der Waals surface area contributed by atoms with Crippen LogP contribution < -0.4 is 5.32 Å². The molecule has 0 saturated carbocycles. The van der Waals surface area contributed by atoms with E-state index in [0.29, 0.717) is 16.7 Å². The van der Waals surface area contributed by atoms with Crippen molar-refractivity contribution in [2.45, 2.75) is 26.1 Å². The summed E-state index contributed by atoms with van der Waals surface area (Å²) in [6.45, 7) is 3.47. The normalized spacial score (nSPS) is 12.4. The van der Waals surface area contributed by atoms with Gasteiger partial charge in [-0.25, -0.2) is 0 Å². The van der Waals surface area contributed by atoms with E-state index in [2.05, 4.69) is 30.4 Å². The van der Waals surface area contributed by atoms with Crippen molar-refractivity contribution in [2.24, 2.45) is 0 Å². The summed E-state index contributed by atoms with van der Waals surface area (Å²) in [6.07, 6.45) is 0. The van der Waals surface area contributed by atoms with Crippen molar-refractivity contribution >= 4 is 23.2 Å². The van der Waals surface area contributed by atoms with Crippen LogP contribution in [0.3, 0.4) is 0 Å². The summed E-state index contributed by atoms with van der Waals surface area (Å²) in [5, 5.41) is 4.67. The highest BCUT2D eigenvalue weighted by molar-refractivity contribution is 6.42. The standard InChI is InChI=1S/C17H19Cl2NO/c1-12(15-7-4-8-16(18)17(15)19)20-10-13-5-3-6-14(9-13)11-21-2/h3-9,12,20H,10-11H2,1-2H3. The molecular formula is C17H19Cl2NO. The lowest BCUT2D eigenvalue weighted by Gasteiger charge is -2.16. The first-order valence-electron chi connectivity index (χ1n) is 6.86. The molecule has 0 amide bonds. The van der Waals surface area contributed by atoms with Gasteiger partial charge in [0.1, 0.15) is 0 Å². The van der Waals surface area contributed by atoms with Gasteiger partial charge in [-0.05, 0) is 29.7 Å². The molecule has 0 heterocycles. The average molecular weight is 324 g/mol. The minimum Gasteiger partial charge on any atom is -0.380 e.